The normalized spacial score (nSPS) is 20.8. The van der Waals surface area contributed by atoms with Crippen LogP contribution in [0.1, 0.15) is 12.8 Å². The van der Waals surface area contributed by atoms with Gasteiger partial charge in [0.05, 0.1) is 9.82 Å². The zero-order chi connectivity index (χ0) is 14.8. The Morgan fingerprint density at radius 2 is 2.20 bits per heavy atom. The fraction of sp³-hybridized carbons (Fsp3) is 0.500. The second kappa shape index (κ2) is 5.86. The molecule has 0 aliphatic carbocycles. The molecule has 1 heterocycles. The molecule has 110 valence electrons. The topological polar surface area (TPSA) is 101 Å². The number of piperidine rings is 1. The number of nitrogens with zero attached hydrogens (tertiary/aromatic N) is 2. The van der Waals surface area contributed by atoms with Crippen LogP contribution in [0.15, 0.2) is 29.2 Å². The summed E-state index contributed by atoms with van der Waals surface area (Å²) in [5.41, 5.74) is -0.248. The Hall–Kier alpha value is -1.51. The maximum Gasteiger partial charge on any atom is 0.270 e. The van der Waals surface area contributed by atoms with Crippen LogP contribution in [0.25, 0.3) is 0 Å². The van der Waals surface area contributed by atoms with Gasteiger partial charge in [-0.05, 0) is 24.8 Å². The quantitative estimate of drug-likeness (QED) is 0.660. The predicted molar refractivity (Wildman–Crippen MR) is 71.7 cm³/mol. The summed E-state index contributed by atoms with van der Waals surface area (Å²) in [6.45, 7) is 0.573. The molecule has 1 aliphatic heterocycles. The highest BCUT2D eigenvalue weighted by Gasteiger charge is 2.30. The summed E-state index contributed by atoms with van der Waals surface area (Å²) in [6, 6.07) is 5.03. The molecule has 0 aromatic heterocycles. The molecule has 7 nitrogen and oxygen atoms in total. The number of benzene rings is 1. The lowest BCUT2D eigenvalue weighted by Gasteiger charge is -2.30. The van der Waals surface area contributed by atoms with Gasteiger partial charge in [-0.1, -0.05) is 6.07 Å². The zero-order valence-electron chi connectivity index (χ0n) is 10.8. The Balaban J connectivity index is 2.30. The molecule has 1 aliphatic rings. The van der Waals surface area contributed by atoms with E-state index < -0.39 is 14.9 Å². The van der Waals surface area contributed by atoms with Crippen molar-refractivity contribution in [1.29, 1.82) is 0 Å². The third-order valence-corrected chi connectivity index (χ3v) is 5.27. The molecule has 2 rings (SSSR count). The average Bonchev–Trinajstić information content (AvgIpc) is 2.47. The largest absolute Gasteiger partial charge is 0.396 e. The number of nitro benzene ring substituents is 1. The highest BCUT2D eigenvalue weighted by atomic mass is 32.2. The second-order valence-corrected chi connectivity index (χ2v) is 6.75. The number of sulfonamides is 1. The van der Waals surface area contributed by atoms with Gasteiger partial charge in [-0.3, -0.25) is 10.1 Å². The van der Waals surface area contributed by atoms with Crippen LogP contribution in [0.3, 0.4) is 0 Å². The molecule has 1 aromatic carbocycles. The van der Waals surface area contributed by atoms with Crippen molar-refractivity contribution in [3.8, 4) is 0 Å². The predicted octanol–water partition coefficient (Wildman–Crippen LogP) is 0.988. The second-order valence-electron chi connectivity index (χ2n) is 4.81. The molecule has 1 N–H and O–H groups in total. The lowest BCUT2D eigenvalue weighted by Crippen LogP contribution is -2.40. The first-order valence-electron chi connectivity index (χ1n) is 6.30. The minimum Gasteiger partial charge on any atom is -0.396 e. The van der Waals surface area contributed by atoms with Gasteiger partial charge in [0.1, 0.15) is 0 Å². The number of non-ortho nitro benzene ring substituents is 1. The van der Waals surface area contributed by atoms with Crippen molar-refractivity contribution >= 4 is 15.7 Å². The molecule has 8 heteroatoms. The van der Waals surface area contributed by atoms with Crippen molar-refractivity contribution < 1.29 is 18.4 Å². The standard InChI is InChI=1S/C12H16N2O5S/c15-9-10-3-2-6-13(8-10)20(18,19)12-5-1-4-11(7-12)14(16)17/h1,4-5,7,10,15H,2-3,6,8-9H2. The third-order valence-electron chi connectivity index (χ3n) is 3.41. The van der Waals surface area contributed by atoms with E-state index in [1.54, 1.807) is 0 Å². The van der Waals surface area contributed by atoms with E-state index >= 15 is 0 Å². The summed E-state index contributed by atoms with van der Waals surface area (Å²) in [5.74, 6) is -0.0720. The maximum atomic E-state index is 12.4. The molecule has 20 heavy (non-hydrogen) atoms. The molecule has 0 radical (unpaired) electrons. The highest BCUT2D eigenvalue weighted by molar-refractivity contribution is 7.89. The zero-order valence-corrected chi connectivity index (χ0v) is 11.6. The smallest absolute Gasteiger partial charge is 0.270 e. The first-order chi connectivity index (χ1) is 9.45. The van der Waals surface area contributed by atoms with E-state index in [0.717, 1.165) is 12.5 Å². The van der Waals surface area contributed by atoms with Gasteiger partial charge < -0.3 is 5.11 Å². The van der Waals surface area contributed by atoms with Crippen LogP contribution < -0.4 is 0 Å². The van der Waals surface area contributed by atoms with Gasteiger partial charge in [-0.25, -0.2) is 8.42 Å². The molecule has 0 spiro atoms. The van der Waals surface area contributed by atoms with E-state index in [4.69, 9.17) is 5.11 Å². The van der Waals surface area contributed by atoms with Crippen LogP contribution in [0.4, 0.5) is 5.69 Å². The van der Waals surface area contributed by atoms with E-state index in [1.807, 2.05) is 0 Å². The molecule has 1 unspecified atom stereocenters. The highest BCUT2D eigenvalue weighted by Crippen LogP contribution is 2.25. The van der Waals surface area contributed by atoms with E-state index in [1.165, 1.54) is 22.5 Å². The van der Waals surface area contributed by atoms with Crippen molar-refractivity contribution in [2.75, 3.05) is 19.7 Å². The van der Waals surface area contributed by atoms with Gasteiger partial charge in [0.15, 0.2) is 0 Å². The van der Waals surface area contributed by atoms with Crippen molar-refractivity contribution in [3.63, 3.8) is 0 Å². The Morgan fingerprint density at radius 3 is 2.85 bits per heavy atom. The Morgan fingerprint density at radius 1 is 1.45 bits per heavy atom. The summed E-state index contributed by atoms with van der Waals surface area (Å²) < 4.78 is 26.2. The lowest BCUT2D eigenvalue weighted by molar-refractivity contribution is -0.385. The van der Waals surface area contributed by atoms with Gasteiger partial charge in [0, 0.05) is 31.8 Å². The van der Waals surface area contributed by atoms with Crippen LogP contribution in [0.5, 0.6) is 0 Å². The number of aliphatic hydroxyl groups is 1. The summed E-state index contributed by atoms with van der Waals surface area (Å²) in [4.78, 5) is 10.0. The molecule has 1 atom stereocenters. The SMILES string of the molecule is O=[N+]([O-])c1cccc(S(=O)(=O)N2CCCC(CO)C2)c1. The van der Waals surface area contributed by atoms with Gasteiger partial charge in [-0.2, -0.15) is 4.31 Å². The van der Waals surface area contributed by atoms with Crippen molar-refractivity contribution in [1.82, 2.24) is 4.31 Å². The van der Waals surface area contributed by atoms with Gasteiger partial charge in [0.2, 0.25) is 10.0 Å². The minimum atomic E-state index is -3.74. The van der Waals surface area contributed by atoms with Crippen LogP contribution in [0, 0.1) is 16.0 Å². The monoisotopic (exact) mass is 300 g/mol. The Labute approximate surface area is 117 Å². The fourth-order valence-corrected chi connectivity index (χ4v) is 3.90. The van der Waals surface area contributed by atoms with Gasteiger partial charge >= 0.3 is 0 Å². The number of aliphatic hydroxyl groups excluding tert-OH is 1. The van der Waals surface area contributed by atoms with E-state index in [-0.39, 0.29) is 29.7 Å². The van der Waals surface area contributed by atoms with Gasteiger partial charge in [0.25, 0.3) is 5.69 Å². The first-order valence-corrected chi connectivity index (χ1v) is 7.74. The molecule has 0 saturated carbocycles. The summed E-state index contributed by atoms with van der Waals surface area (Å²) in [5, 5.41) is 19.9. The summed E-state index contributed by atoms with van der Waals surface area (Å²) >= 11 is 0. The van der Waals surface area contributed by atoms with Crippen molar-refractivity contribution in [2.24, 2.45) is 5.92 Å². The first kappa shape index (κ1) is 14.9. The molecule has 0 bridgehead atoms. The molecule has 1 saturated heterocycles. The van der Waals surface area contributed by atoms with E-state index in [0.29, 0.717) is 13.0 Å². The molecule has 0 amide bonds. The number of hydrogen-bond acceptors (Lipinski definition) is 5. The fourth-order valence-electron chi connectivity index (χ4n) is 2.30. The number of rotatable bonds is 4. The number of hydrogen-bond donors (Lipinski definition) is 1. The molecular weight excluding hydrogens is 284 g/mol. The summed E-state index contributed by atoms with van der Waals surface area (Å²) in [7, 11) is -3.74. The number of nitro groups is 1. The van der Waals surface area contributed by atoms with Crippen LogP contribution in [-0.2, 0) is 10.0 Å². The third kappa shape index (κ3) is 2.97. The van der Waals surface area contributed by atoms with Crippen LogP contribution in [-0.4, -0.2) is 42.4 Å². The van der Waals surface area contributed by atoms with Crippen LogP contribution >= 0.6 is 0 Å². The van der Waals surface area contributed by atoms with E-state index in [2.05, 4.69) is 0 Å². The lowest BCUT2D eigenvalue weighted by atomic mass is 10.0. The van der Waals surface area contributed by atoms with E-state index in [9.17, 15) is 18.5 Å². The van der Waals surface area contributed by atoms with Crippen molar-refractivity contribution in [3.05, 3.63) is 34.4 Å². The van der Waals surface area contributed by atoms with Gasteiger partial charge in [-0.15, -0.1) is 0 Å². The maximum absolute atomic E-state index is 12.4. The average molecular weight is 300 g/mol. The minimum absolute atomic E-state index is 0.0546. The molecular formula is C12H16N2O5S. The molecule has 1 aromatic rings. The molecule has 1 fully saturated rings. The van der Waals surface area contributed by atoms with Crippen molar-refractivity contribution in [2.45, 2.75) is 17.7 Å². The Bertz CT molecular complexity index is 602. The Kier molecular flexibility index (Phi) is 4.36. The summed E-state index contributed by atoms with van der Waals surface area (Å²) in [6.07, 6.45) is 1.47. The van der Waals surface area contributed by atoms with Crippen LogP contribution in [0.2, 0.25) is 0 Å².